The lowest BCUT2D eigenvalue weighted by molar-refractivity contribution is 0.0979. The van der Waals surface area contributed by atoms with Gasteiger partial charge >= 0.3 is 0 Å². The topological polar surface area (TPSA) is 40.9 Å². The molecule has 1 aromatic carbocycles. The van der Waals surface area contributed by atoms with Gasteiger partial charge in [0, 0.05) is 22.9 Å². The van der Waals surface area contributed by atoms with Crippen LogP contribution in [0.4, 0.5) is 0 Å². The zero-order chi connectivity index (χ0) is 11.1. The highest BCUT2D eigenvalue weighted by Crippen LogP contribution is 2.14. The molecule has 0 aromatic heterocycles. The molecule has 0 aliphatic rings. The number of hydrogen-bond donors (Lipinski definition) is 0. The highest BCUT2D eigenvalue weighted by Gasteiger charge is 2.05. The van der Waals surface area contributed by atoms with Crippen LogP contribution in [-0.2, 0) is 0 Å². The maximum atomic E-state index is 11.7. The van der Waals surface area contributed by atoms with Crippen LogP contribution in [0.3, 0.4) is 0 Å². The van der Waals surface area contributed by atoms with Crippen LogP contribution in [0.2, 0.25) is 0 Å². The van der Waals surface area contributed by atoms with Gasteiger partial charge in [0.05, 0.1) is 6.07 Å². The number of unbranched alkanes of at least 4 members (excludes halogenated alkanes) is 2. The monoisotopic (exact) mass is 265 g/mol. The molecule has 1 rings (SSSR count). The number of hydrogen-bond acceptors (Lipinski definition) is 2. The van der Waals surface area contributed by atoms with Crippen molar-refractivity contribution in [1.29, 1.82) is 5.26 Å². The van der Waals surface area contributed by atoms with Crippen molar-refractivity contribution in [3.05, 3.63) is 34.3 Å². The molecular weight excluding hydrogens is 254 g/mol. The first-order valence-electron chi connectivity index (χ1n) is 4.90. The van der Waals surface area contributed by atoms with E-state index in [4.69, 9.17) is 5.26 Å². The maximum Gasteiger partial charge on any atom is 0.162 e. The number of halogens is 1. The molecule has 0 saturated carbocycles. The minimum atomic E-state index is 0.147. The lowest BCUT2D eigenvalue weighted by atomic mass is 10.1. The molecule has 0 spiro atoms. The second-order valence-electron chi connectivity index (χ2n) is 3.30. The fraction of sp³-hybridized carbons (Fsp3) is 0.333. The Hall–Kier alpha value is -1.14. The lowest BCUT2D eigenvalue weighted by Gasteiger charge is -2.00. The summed E-state index contributed by atoms with van der Waals surface area (Å²) in [7, 11) is 0. The summed E-state index contributed by atoms with van der Waals surface area (Å²) in [4.78, 5) is 11.7. The van der Waals surface area contributed by atoms with E-state index in [2.05, 4.69) is 22.0 Å². The summed E-state index contributed by atoms with van der Waals surface area (Å²) in [6.45, 7) is 0. The highest BCUT2D eigenvalue weighted by atomic mass is 79.9. The second-order valence-corrected chi connectivity index (χ2v) is 4.21. The minimum absolute atomic E-state index is 0.147. The second kappa shape index (κ2) is 6.36. The predicted octanol–water partition coefficient (Wildman–Crippen LogP) is 3.72. The molecule has 0 heterocycles. The third-order valence-corrected chi connectivity index (χ3v) is 2.58. The maximum absolute atomic E-state index is 11.7. The summed E-state index contributed by atoms with van der Waals surface area (Å²) in [5, 5.41) is 8.34. The summed E-state index contributed by atoms with van der Waals surface area (Å²) in [5.41, 5.74) is 0.737. The molecule has 0 bridgehead atoms. The highest BCUT2D eigenvalue weighted by molar-refractivity contribution is 9.10. The van der Waals surface area contributed by atoms with Gasteiger partial charge in [-0.25, -0.2) is 0 Å². The largest absolute Gasteiger partial charge is 0.294 e. The van der Waals surface area contributed by atoms with Crippen molar-refractivity contribution in [2.75, 3.05) is 0 Å². The molecule has 0 radical (unpaired) electrons. The van der Waals surface area contributed by atoms with Crippen LogP contribution in [0.5, 0.6) is 0 Å². The Kier molecular flexibility index (Phi) is 5.06. The van der Waals surface area contributed by atoms with Crippen molar-refractivity contribution < 1.29 is 4.79 Å². The van der Waals surface area contributed by atoms with Crippen molar-refractivity contribution in [2.45, 2.75) is 25.7 Å². The number of Topliss-reactive ketones (excluding diaryl/α,β-unsaturated/α-hetero) is 1. The van der Waals surface area contributed by atoms with Crippen LogP contribution in [0, 0.1) is 11.3 Å². The van der Waals surface area contributed by atoms with Gasteiger partial charge in [0.15, 0.2) is 5.78 Å². The van der Waals surface area contributed by atoms with Gasteiger partial charge in [0.2, 0.25) is 0 Å². The van der Waals surface area contributed by atoms with Crippen molar-refractivity contribution in [2.24, 2.45) is 0 Å². The number of carbonyl (C=O) groups is 1. The van der Waals surface area contributed by atoms with E-state index in [1.165, 1.54) is 0 Å². The van der Waals surface area contributed by atoms with E-state index in [0.29, 0.717) is 12.8 Å². The standard InChI is InChI=1S/C12H12BrNO/c13-11-6-4-5-10(9-11)12(15)7-2-1-3-8-14/h4-6,9H,1-3,7H2. The van der Waals surface area contributed by atoms with Crippen LogP contribution in [0.15, 0.2) is 28.7 Å². The Morgan fingerprint density at radius 2 is 2.20 bits per heavy atom. The lowest BCUT2D eigenvalue weighted by Crippen LogP contribution is -1.98. The van der Waals surface area contributed by atoms with Crippen LogP contribution in [0.1, 0.15) is 36.0 Å². The molecule has 2 nitrogen and oxygen atoms in total. The first-order valence-corrected chi connectivity index (χ1v) is 5.69. The van der Waals surface area contributed by atoms with Crippen molar-refractivity contribution in [3.8, 4) is 6.07 Å². The molecule has 0 saturated heterocycles. The summed E-state index contributed by atoms with van der Waals surface area (Å²) in [5.74, 6) is 0.147. The molecule has 15 heavy (non-hydrogen) atoms. The molecule has 0 unspecified atom stereocenters. The number of carbonyl (C=O) groups excluding carboxylic acids is 1. The SMILES string of the molecule is N#CCCCCC(=O)c1cccc(Br)c1. The molecule has 0 aliphatic heterocycles. The number of nitrogens with zero attached hydrogens (tertiary/aromatic N) is 1. The Morgan fingerprint density at radius 3 is 2.87 bits per heavy atom. The Bertz CT molecular complexity index is 381. The zero-order valence-electron chi connectivity index (χ0n) is 8.37. The van der Waals surface area contributed by atoms with Gasteiger partial charge in [0.1, 0.15) is 0 Å². The summed E-state index contributed by atoms with van der Waals surface area (Å²) in [6.07, 6.45) is 2.65. The average Bonchev–Trinajstić information content (AvgIpc) is 2.24. The molecule has 0 aliphatic carbocycles. The summed E-state index contributed by atoms with van der Waals surface area (Å²) >= 11 is 3.33. The quantitative estimate of drug-likeness (QED) is 0.602. The van der Waals surface area contributed by atoms with Gasteiger partial charge in [-0.05, 0) is 25.0 Å². The minimum Gasteiger partial charge on any atom is -0.294 e. The van der Waals surface area contributed by atoms with Gasteiger partial charge in [-0.3, -0.25) is 4.79 Å². The molecule has 78 valence electrons. The third-order valence-electron chi connectivity index (χ3n) is 2.09. The van der Waals surface area contributed by atoms with Gasteiger partial charge in [-0.1, -0.05) is 28.1 Å². The molecule has 0 N–H and O–H groups in total. The van der Waals surface area contributed by atoms with Crippen LogP contribution < -0.4 is 0 Å². The van der Waals surface area contributed by atoms with Crippen molar-refractivity contribution >= 4 is 21.7 Å². The van der Waals surface area contributed by atoms with Gasteiger partial charge in [0.25, 0.3) is 0 Å². The van der Waals surface area contributed by atoms with Crippen molar-refractivity contribution in [3.63, 3.8) is 0 Å². The van der Waals surface area contributed by atoms with Gasteiger partial charge in [-0.15, -0.1) is 0 Å². The first kappa shape index (κ1) is 11.9. The number of ketones is 1. The zero-order valence-corrected chi connectivity index (χ0v) is 9.96. The van der Waals surface area contributed by atoms with E-state index in [-0.39, 0.29) is 5.78 Å². The number of nitriles is 1. The molecule has 0 amide bonds. The van der Waals surface area contributed by atoms with Gasteiger partial charge in [-0.2, -0.15) is 5.26 Å². The Balaban J connectivity index is 2.44. The predicted molar refractivity (Wildman–Crippen MR) is 62.6 cm³/mol. The third kappa shape index (κ3) is 4.26. The van der Waals surface area contributed by atoms with E-state index in [1.807, 2.05) is 24.3 Å². The van der Waals surface area contributed by atoms with Gasteiger partial charge < -0.3 is 0 Å². The fourth-order valence-corrected chi connectivity index (χ4v) is 1.70. The number of rotatable bonds is 5. The van der Waals surface area contributed by atoms with E-state index in [9.17, 15) is 4.79 Å². The average molecular weight is 266 g/mol. The van der Waals surface area contributed by atoms with Crippen LogP contribution in [0.25, 0.3) is 0 Å². The van der Waals surface area contributed by atoms with E-state index in [0.717, 1.165) is 22.9 Å². The number of benzene rings is 1. The van der Waals surface area contributed by atoms with E-state index in [1.54, 1.807) is 0 Å². The van der Waals surface area contributed by atoms with Crippen LogP contribution >= 0.6 is 15.9 Å². The molecular formula is C12H12BrNO. The fourth-order valence-electron chi connectivity index (χ4n) is 1.30. The molecule has 3 heteroatoms. The summed E-state index contributed by atoms with van der Waals surface area (Å²) in [6, 6.07) is 9.46. The van der Waals surface area contributed by atoms with E-state index < -0.39 is 0 Å². The van der Waals surface area contributed by atoms with Crippen molar-refractivity contribution in [1.82, 2.24) is 0 Å². The smallest absolute Gasteiger partial charge is 0.162 e. The van der Waals surface area contributed by atoms with E-state index >= 15 is 0 Å². The molecule has 0 fully saturated rings. The normalized spacial score (nSPS) is 9.60. The van der Waals surface area contributed by atoms with Crippen LogP contribution in [-0.4, -0.2) is 5.78 Å². The first-order chi connectivity index (χ1) is 7.24. The molecule has 1 aromatic rings. The Labute approximate surface area is 98.0 Å². The summed E-state index contributed by atoms with van der Waals surface area (Å²) < 4.78 is 0.922. The molecule has 0 atom stereocenters. The Morgan fingerprint density at radius 1 is 1.40 bits per heavy atom.